The number of aromatic nitrogens is 2. The highest BCUT2D eigenvalue weighted by Gasteiger charge is 2.10. The molecule has 19 heavy (non-hydrogen) atoms. The summed E-state index contributed by atoms with van der Waals surface area (Å²) in [6.45, 7) is 0. The lowest BCUT2D eigenvalue weighted by molar-refractivity contribution is 0.417. The Morgan fingerprint density at radius 1 is 1.26 bits per heavy atom. The van der Waals surface area contributed by atoms with Crippen molar-refractivity contribution in [2.24, 2.45) is 0 Å². The summed E-state index contributed by atoms with van der Waals surface area (Å²) in [7, 11) is 1.64. The molecule has 6 heteroatoms. The molecule has 0 bridgehead atoms. The van der Waals surface area contributed by atoms with Crippen molar-refractivity contribution in [3.63, 3.8) is 0 Å². The molecule has 3 nitrogen and oxygen atoms in total. The Balaban J connectivity index is 2.17. The van der Waals surface area contributed by atoms with Gasteiger partial charge in [-0.2, -0.15) is 0 Å². The fourth-order valence-corrected chi connectivity index (χ4v) is 3.10. The molecule has 0 unspecified atom stereocenters. The predicted molar refractivity (Wildman–Crippen MR) is 82.1 cm³/mol. The number of rotatable bonds is 2. The summed E-state index contributed by atoms with van der Waals surface area (Å²) in [5.41, 5.74) is 0.825. The molecule has 0 saturated carbocycles. The maximum Gasteiger partial charge on any atom is 0.171 e. The van der Waals surface area contributed by atoms with Crippen LogP contribution in [-0.4, -0.2) is 17.1 Å². The zero-order valence-electron chi connectivity index (χ0n) is 9.85. The quantitative estimate of drug-likeness (QED) is 0.620. The van der Waals surface area contributed by atoms with E-state index in [1.54, 1.807) is 7.11 Å². The topological polar surface area (TPSA) is 35.0 Å². The number of ether oxygens (including phenoxy) is 1. The van der Waals surface area contributed by atoms with Gasteiger partial charge in [0.15, 0.2) is 5.82 Å². The second-order valence-corrected chi connectivity index (χ2v) is 6.04. The zero-order chi connectivity index (χ0) is 13.4. The third-order valence-corrected chi connectivity index (χ3v) is 4.33. The maximum absolute atomic E-state index is 6.23. The minimum Gasteiger partial charge on any atom is -0.496 e. The van der Waals surface area contributed by atoms with E-state index in [-0.39, 0.29) is 0 Å². The molecule has 0 spiro atoms. The lowest BCUT2D eigenvalue weighted by atomic mass is 10.2. The van der Waals surface area contributed by atoms with Crippen LogP contribution in [0.4, 0.5) is 0 Å². The van der Waals surface area contributed by atoms with Crippen LogP contribution in [0, 0.1) is 0 Å². The van der Waals surface area contributed by atoms with E-state index < -0.39 is 0 Å². The molecule has 0 N–H and O–H groups in total. The highest BCUT2D eigenvalue weighted by atomic mass is 79.9. The monoisotopic (exact) mass is 354 g/mol. The van der Waals surface area contributed by atoms with E-state index >= 15 is 0 Å². The molecule has 0 aliphatic heterocycles. The summed E-state index contributed by atoms with van der Waals surface area (Å²) in [5.74, 6) is 1.42. The molecule has 3 aromatic rings. The number of nitrogens with zero attached hydrogens (tertiary/aromatic N) is 2. The third kappa shape index (κ3) is 2.45. The molecule has 0 amide bonds. The van der Waals surface area contributed by atoms with Gasteiger partial charge in [0.05, 0.1) is 17.5 Å². The Kier molecular flexibility index (Phi) is 3.43. The molecule has 1 aromatic carbocycles. The molecule has 0 saturated heterocycles. The normalized spacial score (nSPS) is 10.9. The molecule has 2 aromatic heterocycles. The number of benzene rings is 1. The fourth-order valence-electron chi connectivity index (χ4n) is 1.72. The number of thiophene rings is 1. The third-order valence-electron chi connectivity index (χ3n) is 2.64. The van der Waals surface area contributed by atoms with Gasteiger partial charge in [-0.15, -0.1) is 11.3 Å². The largest absolute Gasteiger partial charge is 0.496 e. The van der Waals surface area contributed by atoms with E-state index in [9.17, 15) is 0 Å². The molecular formula is C13H8BrClN2OS. The molecule has 0 atom stereocenters. The maximum atomic E-state index is 6.23. The van der Waals surface area contributed by atoms with E-state index in [1.807, 2.05) is 29.6 Å². The van der Waals surface area contributed by atoms with Crippen LogP contribution in [0.1, 0.15) is 0 Å². The Hall–Kier alpha value is -1.17. The van der Waals surface area contributed by atoms with Gasteiger partial charge in [0.25, 0.3) is 0 Å². The first-order valence-corrected chi connectivity index (χ1v) is 7.48. The van der Waals surface area contributed by atoms with E-state index in [0.29, 0.717) is 11.0 Å². The van der Waals surface area contributed by atoms with Crippen LogP contribution >= 0.6 is 38.9 Å². The summed E-state index contributed by atoms with van der Waals surface area (Å²) < 4.78 is 6.12. The second-order valence-electron chi connectivity index (χ2n) is 3.85. The van der Waals surface area contributed by atoms with Crippen molar-refractivity contribution in [2.75, 3.05) is 7.11 Å². The van der Waals surface area contributed by atoms with Crippen LogP contribution in [-0.2, 0) is 0 Å². The first kappa shape index (κ1) is 12.8. The first-order valence-electron chi connectivity index (χ1n) is 5.43. The van der Waals surface area contributed by atoms with Crippen LogP contribution in [0.2, 0.25) is 5.15 Å². The van der Waals surface area contributed by atoms with Crippen molar-refractivity contribution >= 4 is 49.8 Å². The molecule has 3 rings (SSSR count). The highest BCUT2D eigenvalue weighted by Crippen LogP contribution is 2.32. The minimum atomic E-state index is 0.452. The number of hydrogen-bond acceptors (Lipinski definition) is 4. The van der Waals surface area contributed by atoms with Crippen molar-refractivity contribution in [3.8, 4) is 16.5 Å². The number of fused-ring (bicyclic) bond motifs is 1. The van der Waals surface area contributed by atoms with Crippen LogP contribution in [0.3, 0.4) is 0 Å². The Morgan fingerprint density at radius 3 is 2.84 bits per heavy atom. The van der Waals surface area contributed by atoms with Gasteiger partial charge in [-0.1, -0.05) is 27.5 Å². The standard InChI is InChI=1S/C13H8BrClN2OS/c1-18-8-5-11(19-6-8)13-16-10-3-2-7(14)4-9(10)12(15)17-13/h2-6H,1H3. The van der Waals surface area contributed by atoms with Gasteiger partial charge in [0.2, 0.25) is 0 Å². The van der Waals surface area contributed by atoms with Crippen LogP contribution in [0.5, 0.6) is 5.75 Å². The van der Waals surface area contributed by atoms with Gasteiger partial charge in [-0.3, -0.25) is 0 Å². The summed E-state index contributed by atoms with van der Waals surface area (Å²) in [4.78, 5) is 9.82. The lowest BCUT2D eigenvalue weighted by Crippen LogP contribution is -1.90. The summed E-state index contributed by atoms with van der Waals surface area (Å²) in [5, 5.41) is 3.20. The fraction of sp³-hybridized carbons (Fsp3) is 0.0769. The Labute approximate surface area is 127 Å². The van der Waals surface area contributed by atoms with Crippen molar-refractivity contribution < 1.29 is 4.74 Å². The van der Waals surface area contributed by atoms with E-state index in [0.717, 1.165) is 26.0 Å². The average Bonchev–Trinajstić information content (AvgIpc) is 2.88. The molecular weight excluding hydrogens is 348 g/mol. The second kappa shape index (κ2) is 5.07. The number of halogens is 2. The minimum absolute atomic E-state index is 0.452. The van der Waals surface area contributed by atoms with Crippen molar-refractivity contribution in [1.82, 2.24) is 9.97 Å². The van der Waals surface area contributed by atoms with Gasteiger partial charge in [0, 0.05) is 21.3 Å². The Morgan fingerprint density at radius 2 is 2.11 bits per heavy atom. The van der Waals surface area contributed by atoms with Crippen LogP contribution in [0.15, 0.2) is 34.1 Å². The summed E-state index contributed by atoms with van der Waals surface area (Å²) >= 11 is 11.2. The van der Waals surface area contributed by atoms with Gasteiger partial charge in [-0.05, 0) is 18.2 Å². The molecule has 0 aliphatic rings. The zero-order valence-corrected chi connectivity index (χ0v) is 13.0. The predicted octanol–water partition coefficient (Wildman–Crippen LogP) is 4.78. The van der Waals surface area contributed by atoms with E-state index in [1.165, 1.54) is 11.3 Å². The molecule has 0 radical (unpaired) electrons. The van der Waals surface area contributed by atoms with Crippen molar-refractivity contribution in [3.05, 3.63) is 39.3 Å². The molecule has 2 heterocycles. The van der Waals surface area contributed by atoms with Gasteiger partial charge in [0.1, 0.15) is 10.9 Å². The van der Waals surface area contributed by atoms with Gasteiger partial charge in [-0.25, -0.2) is 9.97 Å². The van der Waals surface area contributed by atoms with Crippen LogP contribution in [0.25, 0.3) is 21.6 Å². The number of methoxy groups -OCH3 is 1. The summed E-state index contributed by atoms with van der Waals surface area (Å²) in [6.07, 6.45) is 0. The van der Waals surface area contributed by atoms with E-state index in [4.69, 9.17) is 16.3 Å². The summed E-state index contributed by atoms with van der Waals surface area (Å²) in [6, 6.07) is 7.67. The van der Waals surface area contributed by atoms with Gasteiger partial charge >= 0.3 is 0 Å². The molecule has 0 fully saturated rings. The van der Waals surface area contributed by atoms with Crippen LogP contribution < -0.4 is 4.74 Å². The molecule has 96 valence electrons. The van der Waals surface area contributed by atoms with E-state index in [2.05, 4.69) is 25.9 Å². The number of hydrogen-bond donors (Lipinski definition) is 0. The highest BCUT2D eigenvalue weighted by molar-refractivity contribution is 9.10. The average molecular weight is 356 g/mol. The lowest BCUT2D eigenvalue weighted by Gasteiger charge is -2.03. The smallest absolute Gasteiger partial charge is 0.171 e. The Bertz CT molecular complexity index is 759. The SMILES string of the molecule is COc1csc(-c2nc(Cl)c3cc(Br)ccc3n2)c1. The van der Waals surface area contributed by atoms with Gasteiger partial charge < -0.3 is 4.74 Å². The van der Waals surface area contributed by atoms with Crippen molar-refractivity contribution in [1.29, 1.82) is 0 Å². The first-order chi connectivity index (χ1) is 9.17. The molecule has 0 aliphatic carbocycles. The van der Waals surface area contributed by atoms with Crippen molar-refractivity contribution in [2.45, 2.75) is 0 Å².